The van der Waals surface area contributed by atoms with Crippen molar-refractivity contribution >= 4 is 23.6 Å². The molecule has 1 unspecified atom stereocenters. The minimum Gasteiger partial charge on any atom is -0.488 e. The molecule has 1 atom stereocenters. The SMILES string of the molecule is C=C1CCCC(C)(C)C1C[O][Al]([CH3])[Cl]. The van der Waals surface area contributed by atoms with Crippen molar-refractivity contribution in [3.05, 3.63) is 12.2 Å². The molecule has 80 valence electrons. The first-order valence-electron chi connectivity index (χ1n) is 5.37. The largest absolute Gasteiger partial charge is 0.588 e. The lowest BCUT2D eigenvalue weighted by Crippen LogP contribution is -2.33. The summed E-state index contributed by atoms with van der Waals surface area (Å²) in [6.07, 6.45) is 3.71. The molecule has 0 aliphatic heterocycles. The van der Waals surface area contributed by atoms with E-state index in [9.17, 15) is 0 Å². The molecule has 1 aliphatic carbocycles. The maximum atomic E-state index is 5.92. The maximum absolute atomic E-state index is 5.92. The molecular formula is C11H20AlClO. The molecule has 1 aliphatic rings. The summed E-state index contributed by atoms with van der Waals surface area (Å²) in [6, 6.07) is 0. The van der Waals surface area contributed by atoms with Gasteiger partial charge < -0.3 is 3.79 Å². The number of halogens is 1. The van der Waals surface area contributed by atoms with Crippen molar-refractivity contribution in [1.29, 1.82) is 0 Å². The first kappa shape index (κ1) is 12.6. The fourth-order valence-electron chi connectivity index (χ4n) is 2.24. The van der Waals surface area contributed by atoms with Crippen molar-refractivity contribution in [3.63, 3.8) is 0 Å². The first-order valence-corrected chi connectivity index (χ1v) is 8.74. The molecule has 3 heteroatoms. The van der Waals surface area contributed by atoms with Gasteiger partial charge in [-0.1, -0.05) is 31.8 Å². The van der Waals surface area contributed by atoms with E-state index in [4.69, 9.17) is 13.8 Å². The summed E-state index contributed by atoms with van der Waals surface area (Å²) in [4.78, 5) is 0. The highest BCUT2D eigenvalue weighted by molar-refractivity contribution is 7.02. The molecule has 0 spiro atoms. The van der Waals surface area contributed by atoms with E-state index in [1.54, 1.807) is 0 Å². The average molecular weight is 231 g/mol. The smallest absolute Gasteiger partial charge is 0.488 e. The molecule has 0 aromatic carbocycles. The molecule has 1 fully saturated rings. The van der Waals surface area contributed by atoms with E-state index in [0.717, 1.165) is 13.0 Å². The molecule has 0 bridgehead atoms. The van der Waals surface area contributed by atoms with Gasteiger partial charge in [0.05, 0.1) is 0 Å². The third-order valence-corrected chi connectivity index (χ3v) is 4.28. The Bertz CT molecular complexity index is 213. The Kier molecular flexibility index (Phi) is 4.53. The third-order valence-electron chi connectivity index (χ3n) is 3.25. The van der Waals surface area contributed by atoms with Crippen molar-refractivity contribution in [3.8, 4) is 0 Å². The molecule has 0 saturated heterocycles. The van der Waals surface area contributed by atoms with Gasteiger partial charge in [0.15, 0.2) is 0 Å². The fraction of sp³-hybridized carbons (Fsp3) is 0.818. The quantitative estimate of drug-likeness (QED) is 0.530. The van der Waals surface area contributed by atoms with E-state index in [-0.39, 0.29) is 0 Å². The Morgan fingerprint density at radius 1 is 1.64 bits per heavy atom. The van der Waals surface area contributed by atoms with Gasteiger partial charge in [-0.15, -0.1) is 0 Å². The van der Waals surface area contributed by atoms with Crippen LogP contribution in [-0.4, -0.2) is 20.2 Å². The van der Waals surface area contributed by atoms with Gasteiger partial charge in [0.2, 0.25) is 0 Å². The van der Waals surface area contributed by atoms with Crippen LogP contribution in [0.25, 0.3) is 0 Å². The monoisotopic (exact) mass is 230 g/mol. The van der Waals surface area contributed by atoms with Gasteiger partial charge in [0.25, 0.3) is 0 Å². The van der Waals surface area contributed by atoms with Gasteiger partial charge >= 0.3 is 13.6 Å². The predicted molar refractivity (Wildman–Crippen MR) is 63.7 cm³/mol. The zero-order valence-electron chi connectivity index (χ0n) is 9.48. The second-order valence-electron chi connectivity index (χ2n) is 4.93. The van der Waals surface area contributed by atoms with Crippen LogP contribution >= 0.6 is 10.0 Å². The predicted octanol–water partition coefficient (Wildman–Crippen LogP) is 3.74. The van der Waals surface area contributed by atoms with E-state index in [1.165, 1.54) is 18.4 Å². The Morgan fingerprint density at radius 3 is 2.79 bits per heavy atom. The second kappa shape index (κ2) is 5.03. The number of hydrogen-bond donors (Lipinski definition) is 0. The van der Waals surface area contributed by atoms with Crippen LogP contribution in [0.3, 0.4) is 0 Å². The van der Waals surface area contributed by atoms with Gasteiger partial charge in [-0.25, -0.2) is 10.0 Å². The molecule has 1 saturated carbocycles. The summed E-state index contributed by atoms with van der Waals surface area (Å²) in [6.45, 7) is 9.56. The van der Waals surface area contributed by atoms with E-state index in [2.05, 4.69) is 20.4 Å². The van der Waals surface area contributed by atoms with Crippen LogP contribution in [0.15, 0.2) is 12.2 Å². The summed E-state index contributed by atoms with van der Waals surface area (Å²) in [7, 11) is 5.92. The summed E-state index contributed by atoms with van der Waals surface area (Å²) >= 11 is -1.40. The van der Waals surface area contributed by atoms with Crippen LogP contribution in [0.2, 0.25) is 5.79 Å². The van der Waals surface area contributed by atoms with Crippen LogP contribution in [0, 0.1) is 11.3 Å². The minimum atomic E-state index is -1.40. The highest BCUT2D eigenvalue weighted by Crippen LogP contribution is 2.43. The van der Waals surface area contributed by atoms with Gasteiger partial charge in [-0.05, 0) is 24.7 Å². The van der Waals surface area contributed by atoms with Crippen molar-refractivity contribution < 1.29 is 3.79 Å². The lowest BCUT2D eigenvalue weighted by atomic mass is 9.67. The maximum Gasteiger partial charge on any atom is 0.588 e. The van der Waals surface area contributed by atoms with Gasteiger partial charge in [0, 0.05) is 12.5 Å². The number of hydrogen-bond acceptors (Lipinski definition) is 1. The topological polar surface area (TPSA) is 9.23 Å². The Morgan fingerprint density at radius 2 is 2.29 bits per heavy atom. The molecule has 14 heavy (non-hydrogen) atoms. The van der Waals surface area contributed by atoms with Crippen molar-refractivity contribution in [2.45, 2.75) is 38.9 Å². The molecule has 0 N–H and O–H groups in total. The summed E-state index contributed by atoms with van der Waals surface area (Å²) in [5, 5.41) is 0. The fourth-order valence-corrected chi connectivity index (χ4v) is 2.92. The molecular weight excluding hydrogens is 211 g/mol. The standard InChI is InChI=1S/C10H17O.CH3.Al.ClH/c1-8-5-4-6-10(2,3)9(8)7-11;;;/h9H,1,4-7H2,2-3H3;1H3;;1H/q-1;;+2;/p-1. The van der Waals surface area contributed by atoms with Crippen LogP contribution in [-0.2, 0) is 3.79 Å². The van der Waals surface area contributed by atoms with Gasteiger partial charge in [-0.2, -0.15) is 0 Å². The molecule has 1 nitrogen and oxygen atoms in total. The molecule has 0 radical (unpaired) electrons. The van der Waals surface area contributed by atoms with E-state index in [1.807, 2.05) is 5.79 Å². The summed E-state index contributed by atoms with van der Waals surface area (Å²) < 4.78 is 5.63. The van der Waals surface area contributed by atoms with Gasteiger partial charge in [-0.3, -0.25) is 0 Å². The first-order chi connectivity index (χ1) is 6.43. The van der Waals surface area contributed by atoms with Crippen LogP contribution < -0.4 is 0 Å². The Hall–Kier alpha value is 0.522. The lowest BCUT2D eigenvalue weighted by molar-refractivity contribution is 0.128. The van der Waals surface area contributed by atoms with Crippen LogP contribution in [0.4, 0.5) is 0 Å². The van der Waals surface area contributed by atoms with Crippen molar-refractivity contribution in [2.24, 2.45) is 11.3 Å². The summed E-state index contributed by atoms with van der Waals surface area (Å²) in [5.41, 5.74) is 1.70. The van der Waals surface area contributed by atoms with E-state index in [0.29, 0.717) is 11.3 Å². The third kappa shape index (κ3) is 3.28. The zero-order valence-corrected chi connectivity index (χ0v) is 11.4. The van der Waals surface area contributed by atoms with E-state index < -0.39 is 13.6 Å². The van der Waals surface area contributed by atoms with Crippen molar-refractivity contribution in [2.75, 3.05) is 6.61 Å². The summed E-state index contributed by atoms with van der Waals surface area (Å²) in [5.74, 6) is 2.50. The van der Waals surface area contributed by atoms with Crippen LogP contribution in [0.1, 0.15) is 33.1 Å². The molecule has 0 amide bonds. The van der Waals surface area contributed by atoms with E-state index >= 15 is 0 Å². The highest BCUT2D eigenvalue weighted by atomic mass is 35.6. The molecule has 0 aromatic rings. The average Bonchev–Trinajstić information content (AvgIpc) is 2.01. The number of rotatable bonds is 3. The Labute approximate surface area is 96.4 Å². The molecule has 0 heterocycles. The lowest BCUT2D eigenvalue weighted by Gasteiger charge is -2.40. The second-order valence-corrected chi connectivity index (χ2v) is 8.19. The zero-order chi connectivity index (χ0) is 10.8. The molecule has 0 aromatic heterocycles. The molecule has 1 rings (SSSR count). The van der Waals surface area contributed by atoms with Crippen molar-refractivity contribution in [1.82, 2.24) is 0 Å². The van der Waals surface area contributed by atoms with Gasteiger partial charge in [0.1, 0.15) is 0 Å². The van der Waals surface area contributed by atoms with Crippen LogP contribution in [0.5, 0.6) is 0 Å². The normalized spacial score (nSPS) is 26.3. The minimum absolute atomic E-state index is 0.343. The highest BCUT2D eigenvalue weighted by Gasteiger charge is 2.34. The Balaban J connectivity index is 2.56.